The number of hydrogen-bond acceptors (Lipinski definition) is 5. The minimum atomic E-state index is 0.292. The summed E-state index contributed by atoms with van der Waals surface area (Å²) in [7, 11) is 1.74. The lowest BCUT2D eigenvalue weighted by molar-refractivity contribution is 0.0785. The maximum absolute atomic E-state index is 5.74. The van der Waals surface area contributed by atoms with Crippen molar-refractivity contribution < 1.29 is 4.74 Å². The first-order chi connectivity index (χ1) is 10.7. The highest BCUT2D eigenvalue weighted by Gasteiger charge is 2.29. The van der Waals surface area contributed by atoms with Gasteiger partial charge in [0.05, 0.1) is 11.5 Å². The van der Waals surface area contributed by atoms with Crippen molar-refractivity contribution in [2.24, 2.45) is 0 Å². The molecule has 0 radical (unpaired) electrons. The van der Waals surface area contributed by atoms with Gasteiger partial charge in [0.25, 0.3) is 0 Å². The van der Waals surface area contributed by atoms with Gasteiger partial charge in [-0.3, -0.25) is 0 Å². The molecule has 0 atom stereocenters. The summed E-state index contributed by atoms with van der Waals surface area (Å²) in [5.41, 5.74) is 9.44. The number of nitrogens with one attached hydrogen (secondary N) is 1. The highest BCUT2D eigenvalue weighted by atomic mass is 16.5. The molecule has 0 aliphatic carbocycles. The second-order valence-corrected chi connectivity index (χ2v) is 5.53. The van der Waals surface area contributed by atoms with Gasteiger partial charge in [-0.1, -0.05) is 12.1 Å². The fourth-order valence-corrected chi connectivity index (χ4v) is 2.76. The molecule has 0 unspecified atom stereocenters. The Hall–Kier alpha value is -2.60. The summed E-state index contributed by atoms with van der Waals surface area (Å²) in [6.07, 6.45) is 1.89. The Morgan fingerprint density at radius 2 is 2.00 bits per heavy atom. The maximum atomic E-state index is 5.74. The van der Waals surface area contributed by atoms with Crippen LogP contribution in [0.3, 0.4) is 0 Å². The van der Waals surface area contributed by atoms with Crippen LogP contribution in [0.2, 0.25) is 0 Å². The van der Waals surface area contributed by atoms with E-state index < -0.39 is 0 Å². The average Bonchev–Trinajstić information content (AvgIpc) is 2.91. The molecule has 1 aliphatic rings. The van der Waals surface area contributed by atoms with Crippen LogP contribution in [0.15, 0.2) is 36.7 Å². The molecule has 0 spiro atoms. The van der Waals surface area contributed by atoms with Gasteiger partial charge in [0.1, 0.15) is 17.8 Å². The van der Waals surface area contributed by atoms with Gasteiger partial charge in [-0.15, -0.1) is 0 Å². The molecule has 1 aliphatic heterocycles. The zero-order valence-corrected chi connectivity index (χ0v) is 12.3. The van der Waals surface area contributed by atoms with Crippen LogP contribution in [0, 0.1) is 0 Å². The van der Waals surface area contributed by atoms with Gasteiger partial charge in [0.2, 0.25) is 0 Å². The number of nitrogen functional groups attached to an aromatic ring is 1. The van der Waals surface area contributed by atoms with Gasteiger partial charge < -0.3 is 20.4 Å². The first-order valence-electron chi connectivity index (χ1n) is 7.22. The standard InChI is InChI=1S/C16H17N5O/c1-22-12-7-21(8-12)16-13-6-14(20-15(13)18-9-19-16)10-2-4-11(17)5-3-10/h2-6,9,12H,7-8,17H2,1H3,(H,18,19,20). The summed E-state index contributed by atoms with van der Waals surface area (Å²) >= 11 is 0. The fourth-order valence-electron chi connectivity index (χ4n) is 2.76. The molecule has 22 heavy (non-hydrogen) atoms. The van der Waals surface area contributed by atoms with Gasteiger partial charge in [-0.25, -0.2) is 9.97 Å². The van der Waals surface area contributed by atoms with E-state index in [1.165, 1.54) is 0 Å². The van der Waals surface area contributed by atoms with Crippen LogP contribution in [-0.2, 0) is 4.74 Å². The van der Waals surface area contributed by atoms with Crippen LogP contribution in [0.5, 0.6) is 0 Å². The average molecular weight is 295 g/mol. The largest absolute Gasteiger partial charge is 0.399 e. The van der Waals surface area contributed by atoms with Crippen molar-refractivity contribution in [2.45, 2.75) is 6.10 Å². The molecule has 6 heteroatoms. The van der Waals surface area contributed by atoms with Gasteiger partial charge in [0, 0.05) is 31.6 Å². The molecule has 0 amide bonds. The molecular formula is C16H17N5O. The maximum Gasteiger partial charge on any atom is 0.143 e. The highest BCUT2D eigenvalue weighted by Crippen LogP contribution is 2.31. The first kappa shape index (κ1) is 13.1. The molecule has 6 nitrogen and oxygen atoms in total. The van der Waals surface area contributed by atoms with Crippen LogP contribution in [0.1, 0.15) is 0 Å². The summed E-state index contributed by atoms with van der Waals surface area (Å²) in [5.74, 6) is 0.955. The van der Waals surface area contributed by atoms with Gasteiger partial charge >= 0.3 is 0 Å². The minimum absolute atomic E-state index is 0.292. The number of fused-ring (bicyclic) bond motifs is 1. The number of nitrogens with two attached hydrogens (primary N) is 1. The van der Waals surface area contributed by atoms with Gasteiger partial charge in [-0.2, -0.15) is 0 Å². The predicted octanol–water partition coefficient (Wildman–Crippen LogP) is 2.04. The molecule has 1 saturated heterocycles. The molecular weight excluding hydrogens is 278 g/mol. The molecule has 1 aromatic carbocycles. The van der Waals surface area contributed by atoms with E-state index in [-0.39, 0.29) is 0 Å². The lowest BCUT2D eigenvalue weighted by atomic mass is 10.1. The van der Waals surface area contributed by atoms with E-state index in [0.717, 1.165) is 46.9 Å². The number of ether oxygens (including phenoxy) is 1. The number of hydrogen-bond donors (Lipinski definition) is 2. The molecule has 112 valence electrons. The third-order valence-electron chi connectivity index (χ3n) is 4.11. The second-order valence-electron chi connectivity index (χ2n) is 5.53. The molecule has 0 saturated carbocycles. The first-order valence-corrected chi connectivity index (χ1v) is 7.22. The summed E-state index contributed by atoms with van der Waals surface area (Å²) in [4.78, 5) is 14.3. The van der Waals surface area contributed by atoms with Gasteiger partial charge in [-0.05, 0) is 23.8 Å². The highest BCUT2D eigenvalue weighted by molar-refractivity contribution is 5.92. The van der Waals surface area contributed by atoms with Crippen LogP contribution in [-0.4, -0.2) is 41.3 Å². The zero-order chi connectivity index (χ0) is 15.1. The van der Waals surface area contributed by atoms with Crippen molar-refractivity contribution in [3.63, 3.8) is 0 Å². The summed E-state index contributed by atoms with van der Waals surface area (Å²) in [6, 6.07) is 9.88. The SMILES string of the molecule is COC1CN(c2ncnc3[nH]c(-c4ccc(N)cc4)cc23)C1. The molecule has 3 heterocycles. The summed E-state index contributed by atoms with van der Waals surface area (Å²) in [5, 5.41) is 1.03. The van der Waals surface area contributed by atoms with Crippen molar-refractivity contribution in [1.29, 1.82) is 0 Å². The van der Waals surface area contributed by atoms with Crippen molar-refractivity contribution in [1.82, 2.24) is 15.0 Å². The van der Waals surface area contributed by atoms with E-state index >= 15 is 0 Å². The Morgan fingerprint density at radius 3 is 2.73 bits per heavy atom. The Labute approximate surface area is 127 Å². The number of nitrogens with zero attached hydrogens (tertiary/aromatic N) is 3. The Kier molecular flexibility index (Phi) is 2.97. The van der Waals surface area contributed by atoms with Crippen LogP contribution in [0.4, 0.5) is 11.5 Å². The monoisotopic (exact) mass is 295 g/mol. The topological polar surface area (TPSA) is 80.1 Å². The van der Waals surface area contributed by atoms with E-state index in [1.807, 2.05) is 24.3 Å². The molecule has 3 N–H and O–H groups in total. The van der Waals surface area contributed by atoms with Crippen molar-refractivity contribution in [2.75, 3.05) is 30.8 Å². The molecule has 4 rings (SSSR count). The number of anilines is 2. The molecule has 1 fully saturated rings. The van der Waals surface area contributed by atoms with Crippen LogP contribution >= 0.6 is 0 Å². The smallest absolute Gasteiger partial charge is 0.143 e. The lowest BCUT2D eigenvalue weighted by Crippen LogP contribution is -2.52. The van der Waals surface area contributed by atoms with E-state index in [4.69, 9.17) is 10.5 Å². The predicted molar refractivity (Wildman–Crippen MR) is 86.7 cm³/mol. The number of benzene rings is 1. The van der Waals surface area contributed by atoms with Crippen molar-refractivity contribution in [3.8, 4) is 11.3 Å². The van der Waals surface area contributed by atoms with Gasteiger partial charge in [0.15, 0.2) is 0 Å². The Balaban J connectivity index is 1.73. The fraction of sp³-hybridized carbons (Fsp3) is 0.250. The number of aromatic amines is 1. The third kappa shape index (κ3) is 2.08. The third-order valence-corrected chi connectivity index (χ3v) is 4.11. The zero-order valence-electron chi connectivity index (χ0n) is 12.3. The van der Waals surface area contributed by atoms with E-state index in [0.29, 0.717) is 6.10 Å². The lowest BCUT2D eigenvalue weighted by Gasteiger charge is -2.39. The summed E-state index contributed by atoms with van der Waals surface area (Å²) in [6.45, 7) is 1.73. The molecule has 0 bridgehead atoms. The number of aromatic nitrogens is 3. The normalized spacial score (nSPS) is 15.2. The Bertz CT molecular complexity index is 805. The summed E-state index contributed by atoms with van der Waals surface area (Å²) < 4.78 is 5.33. The van der Waals surface area contributed by atoms with Crippen LogP contribution < -0.4 is 10.6 Å². The van der Waals surface area contributed by atoms with E-state index in [2.05, 4.69) is 25.9 Å². The molecule has 2 aromatic heterocycles. The van der Waals surface area contributed by atoms with E-state index in [1.54, 1.807) is 13.4 Å². The Morgan fingerprint density at radius 1 is 1.23 bits per heavy atom. The van der Waals surface area contributed by atoms with Crippen molar-refractivity contribution >= 4 is 22.5 Å². The minimum Gasteiger partial charge on any atom is -0.399 e. The van der Waals surface area contributed by atoms with Crippen LogP contribution in [0.25, 0.3) is 22.3 Å². The second kappa shape index (κ2) is 4.99. The number of methoxy groups -OCH3 is 1. The number of H-pyrrole nitrogens is 1. The van der Waals surface area contributed by atoms with E-state index in [9.17, 15) is 0 Å². The number of rotatable bonds is 3. The molecule has 3 aromatic rings. The quantitative estimate of drug-likeness (QED) is 0.723. The van der Waals surface area contributed by atoms with Crippen molar-refractivity contribution in [3.05, 3.63) is 36.7 Å².